The first kappa shape index (κ1) is 17.2. The Hall–Kier alpha value is -2.61. The second kappa shape index (κ2) is 7.98. The lowest BCUT2D eigenvalue weighted by atomic mass is 10.2. The highest BCUT2D eigenvalue weighted by atomic mass is 127. The predicted octanol–water partition coefficient (Wildman–Crippen LogP) is 4.68. The molecule has 0 radical (unpaired) electrons. The van der Waals surface area contributed by atoms with Crippen LogP contribution in [0.15, 0.2) is 71.4 Å². The molecule has 0 atom stereocenters. The van der Waals surface area contributed by atoms with Crippen LogP contribution in [0.3, 0.4) is 0 Å². The molecule has 1 heterocycles. The van der Waals surface area contributed by atoms with Crippen LogP contribution in [0, 0.1) is 10.5 Å². The number of aryl methyl sites for hydroxylation is 1. The van der Waals surface area contributed by atoms with Gasteiger partial charge in [-0.1, -0.05) is 23.4 Å². The molecule has 3 rings (SSSR count). The number of para-hydroxylation sites is 1. The molecule has 0 aliphatic carbocycles. The van der Waals surface area contributed by atoms with Crippen LogP contribution < -0.4 is 10.6 Å². The Bertz CT molecular complexity index is 887. The Balaban J connectivity index is 1.85. The number of anilines is 2. The zero-order valence-electron chi connectivity index (χ0n) is 13.5. The van der Waals surface area contributed by atoms with Crippen molar-refractivity contribution in [1.82, 2.24) is 5.16 Å². The monoisotopic (exact) mass is 445 g/mol. The van der Waals surface area contributed by atoms with Gasteiger partial charge >= 0.3 is 0 Å². The van der Waals surface area contributed by atoms with Gasteiger partial charge in [-0.25, -0.2) is 0 Å². The first-order valence-electron chi connectivity index (χ1n) is 7.64. The van der Waals surface area contributed by atoms with Gasteiger partial charge in [0.1, 0.15) is 5.57 Å². The first-order valence-corrected chi connectivity index (χ1v) is 8.72. The molecule has 0 fully saturated rings. The average Bonchev–Trinajstić information content (AvgIpc) is 3.04. The highest BCUT2D eigenvalue weighted by Gasteiger charge is 2.17. The minimum absolute atomic E-state index is 0.277. The van der Waals surface area contributed by atoms with Gasteiger partial charge < -0.3 is 15.2 Å². The number of hydrogen-bond acceptors (Lipinski definition) is 4. The molecule has 1 amide bonds. The van der Waals surface area contributed by atoms with E-state index >= 15 is 0 Å². The molecule has 2 N–H and O–H groups in total. The number of halogens is 1. The number of rotatable bonds is 5. The highest BCUT2D eigenvalue weighted by Crippen LogP contribution is 2.19. The summed E-state index contributed by atoms with van der Waals surface area (Å²) < 4.78 is 6.41. The van der Waals surface area contributed by atoms with Crippen LogP contribution in [0.4, 0.5) is 11.4 Å². The Labute approximate surface area is 159 Å². The van der Waals surface area contributed by atoms with E-state index in [0.29, 0.717) is 22.7 Å². The number of carbonyl (C=O) groups excluding carboxylic acids is 1. The van der Waals surface area contributed by atoms with Crippen LogP contribution in [0.2, 0.25) is 0 Å². The van der Waals surface area contributed by atoms with E-state index in [9.17, 15) is 4.79 Å². The lowest BCUT2D eigenvalue weighted by Crippen LogP contribution is -2.14. The van der Waals surface area contributed by atoms with Crippen molar-refractivity contribution in [2.45, 2.75) is 6.92 Å². The molecule has 0 unspecified atom stereocenters. The average molecular weight is 445 g/mol. The van der Waals surface area contributed by atoms with E-state index in [1.807, 2.05) is 61.5 Å². The Kier molecular flexibility index (Phi) is 5.49. The van der Waals surface area contributed by atoms with Gasteiger partial charge in [0.05, 0.1) is 5.69 Å². The molecule has 0 spiro atoms. The maximum Gasteiger partial charge on any atom is 0.261 e. The molecule has 126 valence electrons. The van der Waals surface area contributed by atoms with E-state index in [-0.39, 0.29) is 5.91 Å². The first-order chi connectivity index (χ1) is 12.1. The van der Waals surface area contributed by atoms with Gasteiger partial charge in [0.25, 0.3) is 5.91 Å². The second-order valence-electron chi connectivity index (χ2n) is 5.36. The van der Waals surface area contributed by atoms with Crippen LogP contribution in [-0.4, -0.2) is 11.1 Å². The number of carbonyl (C=O) groups is 1. The van der Waals surface area contributed by atoms with Gasteiger partial charge in [0.15, 0.2) is 5.76 Å². The summed E-state index contributed by atoms with van der Waals surface area (Å²) >= 11 is 2.24. The van der Waals surface area contributed by atoms with Crippen molar-refractivity contribution >= 4 is 45.4 Å². The van der Waals surface area contributed by atoms with Crippen molar-refractivity contribution in [2.75, 3.05) is 10.6 Å². The van der Waals surface area contributed by atoms with Crippen molar-refractivity contribution in [1.29, 1.82) is 0 Å². The molecule has 0 aliphatic heterocycles. The molecule has 0 saturated heterocycles. The number of nitrogens with zero attached hydrogens (tertiary/aromatic N) is 1. The van der Waals surface area contributed by atoms with Crippen LogP contribution in [-0.2, 0) is 4.79 Å². The van der Waals surface area contributed by atoms with Gasteiger partial charge in [0, 0.05) is 27.2 Å². The molecule has 5 nitrogen and oxygen atoms in total. The highest BCUT2D eigenvalue weighted by molar-refractivity contribution is 14.1. The third-order valence-corrected chi connectivity index (χ3v) is 4.12. The summed E-state index contributed by atoms with van der Waals surface area (Å²) in [7, 11) is 0. The molecule has 3 aromatic rings. The van der Waals surface area contributed by atoms with Crippen LogP contribution in [0.25, 0.3) is 5.57 Å². The minimum Gasteiger partial charge on any atom is -0.361 e. The molecule has 1 aromatic heterocycles. The summed E-state index contributed by atoms with van der Waals surface area (Å²) in [6.45, 7) is 1.81. The third kappa shape index (κ3) is 4.69. The summed E-state index contributed by atoms with van der Waals surface area (Å²) in [5, 5.41) is 9.86. The van der Waals surface area contributed by atoms with E-state index in [1.165, 1.54) is 0 Å². The Morgan fingerprint density at radius 1 is 1.08 bits per heavy atom. The zero-order chi connectivity index (χ0) is 17.6. The lowest BCUT2D eigenvalue weighted by molar-refractivity contribution is -0.111. The van der Waals surface area contributed by atoms with E-state index in [4.69, 9.17) is 4.52 Å². The van der Waals surface area contributed by atoms with Crippen LogP contribution in [0.5, 0.6) is 0 Å². The maximum atomic E-state index is 12.7. The number of benzene rings is 2. The SMILES string of the molecule is Cc1cc(C(=CNc2ccc(I)cc2)C(=O)Nc2ccccc2)on1. The van der Waals surface area contributed by atoms with E-state index in [2.05, 4.69) is 38.4 Å². The minimum atomic E-state index is -0.277. The smallest absolute Gasteiger partial charge is 0.261 e. The summed E-state index contributed by atoms with van der Waals surface area (Å²) in [6.07, 6.45) is 1.63. The number of nitrogens with one attached hydrogen (secondary N) is 2. The van der Waals surface area contributed by atoms with Gasteiger partial charge in [-0.3, -0.25) is 4.79 Å². The molecule has 0 aliphatic rings. The van der Waals surface area contributed by atoms with E-state index in [0.717, 1.165) is 9.26 Å². The van der Waals surface area contributed by atoms with Gasteiger partial charge in [-0.15, -0.1) is 0 Å². The van der Waals surface area contributed by atoms with Crippen LogP contribution in [0.1, 0.15) is 11.5 Å². The molecular weight excluding hydrogens is 429 g/mol. The molecule has 6 heteroatoms. The summed E-state index contributed by atoms with van der Waals surface area (Å²) in [5.41, 5.74) is 2.66. The molecule has 0 bridgehead atoms. The van der Waals surface area contributed by atoms with Crippen molar-refractivity contribution in [3.63, 3.8) is 0 Å². The quantitative estimate of drug-likeness (QED) is 0.442. The summed E-state index contributed by atoms with van der Waals surface area (Å²) in [4.78, 5) is 12.7. The fraction of sp³-hybridized carbons (Fsp3) is 0.0526. The van der Waals surface area contributed by atoms with Gasteiger partial charge in [-0.05, 0) is 65.9 Å². The number of aromatic nitrogens is 1. The normalized spacial score (nSPS) is 11.2. The predicted molar refractivity (Wildman–Crippen MR) is 107 cm³/mol. The van der Waals surface area contributed by atoms with Crippen molar-refractivity contribution in [3.8, 4) is 0 Å². The van der Waals surface area contributed by atoms with E-state index < -0.39 is 0 Å². The Morgan fingerprint density at radius 2 is 1.80 bits per heavy atom. The van der Waals surface area contributed by atoms with Crippen molar-refractivity contribution < 1.29 is 9.32 Å². The van der Waals surface area contributed by atoms with Gasteiger partial charge in [-0.2, -0.15) is 0 Å². The van der Waals surface area contributed by atoms with E-state index in [1.54, 1.807) is 12.3 Å². The fourth-order valence-corrected chi connectivity index (χ4v) is 2.52. The fourth-order valence-electron chi connectivity index (χ4n) is 2.16. The summed E-state index contributed by atoms with van der Waals surface area (Å²) in [5.74, 6) is 0.129. The topological polar surface area (TPSA) is 67.2 Å². The lowest BCUT2D eigenvalue weighted by Gasteiger charge is -2.08. The number of hydrogen-bond donors (Lipinski definition) is 2. The molecular formula is C19H16IN3O2. The standard InChI is InChI=1S/C19H16IN3O2/c1-13-11-18(25-23-13)17(12-21-15-9-7-14(20)8-10-15)19(24)22-16-5-3-2-4-6-16/h2-12,21H,1H3,(H,22,24). The molecule has 0 saturated carbocycles. The summed E-state index contributed by atoms with van der Waals surface area (Å²) in [6, 6.07) is 18.9. The van der Waals surface area contributed by atoms with Crippen LogP contribution >= 0.6 is 22.6 Å². The van der Waals surface area contributed by atoms with Gasteiger partial charge in [0.2, 0.25) is 0 Å². The number of amides is 1. The van der Waals surface area contributed by atoms with Crippen molar-refractivity contribution in [3.05, 3.63) is 81.9 Å². The molecule has 25 heavy (non-hydrogen) atoms. The maximum absolute atomic E-state index is 12.7. The van der Waals surface area contributed by atoms with Crippen molar-refractivity contribution in [2.24, 2.45) is 0 Å². The molecule has 2 aromatic carbocycles. The zero-order valence-corrected chi connectivity index (χ0v) is 15.7. The second-order valence-corrected chi connectivity index (χ2v) is 6.61. The third-order valence-electron chi connectivity index (χ3n) is 3.40. The largest absolute Gasteiger partial charge is 0.361 e. The Morgan fingerprint density at radius 3 is 2.44 bits per heavy atom.